The first-order valence-electron chi connectivity index (χ1n) is 7.56. The first-order chi connectivity index (χ1) is 11.8. The fourth-order valence-corrected chi connectivity index (χ4v) is 2.10. The molecule has 0 aliphatic carbocycles. The van der Waals surface area contributed by atoms with Gasteiger partial charge in [0.1, 0.15) is 12.4 Å². The van der Waals surface area contributed by atoms with Gasteiger partial charge in [-0.3, -0.25) is 4.68 Å². The summed E-state index contributed by atoms with van der Waals surface area (Å²) in [5.41, 5.74) is 1.57. The third kappa shape index (κ3) is 4.64. The van der Waals surface area contributed by atoms with Gasteiger partial charge in [-0.15, -0.1) is 0 Å². The smallest absolute Gasteiger partial charge is 0.319 e. The Labute approximate surface area is 139 Å². The summed E-state index contributed by atoms with van der Waals surface area (Å²) in [6, 6.07) is 10.6. The van der Waals surface area contributed by atoms with Crippen molar-refractivity contribution in [2.45, 2.75) is 13.1 Å². The Balaban J connectivity index is 1.46. The lowest BCUT2D eigenvalue weighted by Crippen LogP contribution is -2.27. The van der Waals surface area contributed by atoms with Crippen LogP contribution < -0.4 is 15.4 Å². The van der Waals surface area contributed by atoms with Crippen molar-refractivity contribution in [3.63, 3.8) is 0 Å². The molecule has 2 amide bonds. The average Bonchev–Trinajstić information content (AvgIpc) is 3.27. The fraction of sp³-hybridized carbons (Fsp3) is 0.176. The molecule has 3 aromatic rings. The quantitative estimate of drug-likeness (QED) is 0.699. The molecule has 0 radical (unpaired) electrons. The Bertz CT molecular complexity index is 754. The van der Waals surface area contributed by atoms with Gasteiger partial charge in [0.2, 0.25) is 0 Å². The highest BCUT2D eigenvalue weighted by Gasteiger charge is 2.04. The number of aromatic nitrogens is 2. The van der Waals surface area contributed by atoms with E-state index in [4.69, 9.17) is 9.15 Å². The molecule has 0 atom stereocenters. The molecule has 0 bridgehead atoms. The molecule has 2 aromatic heterocycles. The van der Waals surface area contributed by atoms with Crippen molar-refractivity contribution >= 4 is 11.7 Å². The minimum Gasteiger partial charge on any atom is -0.492 e. The van der Waals surface area contributed by atoms with Gasteiger partial charge in [0.15, 0.2) is 0 Å². The first-order valence-corrected chi connectivity index (χ1v) is 7.56. The number of furan rings is 1. The molecule has 24 heavy (non-hydrogen) atoms. The van der Waals surface area contributed by atoms with E-state index in [0.29, 0.717) is 31.1 Å². The van der Waals surface area contributed by atoms with Crippen LogP contribution in [0.3, 0.4) is 0 Å². The zero-order chi connectivity index (χ0) is 16.6. The molecule has 1 aromatic carbocycles. The van der Waals surface area contributed by atoms with Gasteiger partial charge in [0.05, 0.1) is 19.1 Å². The molecule has 0 spiro atoms. The number of nitrogens with one attached hydrogen (secondary N) is 2. The monoisotopic (exact) mass is 326 g/mol. The van der Waals surface area contributed by atoms with Gasteiger partial charge in [0.25, 0.3) is 0 Å². The van der Waals surface area contributed by atoms with Crippen LogP contribution >= 0.6 is 0 Å². The van der Waals surface area contributed by atoms with Crippen molar-refractivity contribution in [3.8, 4) is 5.75 Å². The Morgan fingerprint density at radius 2 is 2.25 bits per heavy atom. The van der Waals surface area contributed by atoms with Gasteiger partial charge in [-0.1, -0.05) is 6.07 Å². The number of urea groups is 1. The molecule has 0 aliphatic heterocycles. The topological polar surface area (TPSA) is 81.3 Å². The van der Waals surface area contributed by atoms with Gasteiger partial charge >= 0.3 is 6.03 Å². The maximum absolute atomic E-state index is 11.9. The highest BCUT2D eigenvalue weighted by atomic mass is 16.5. The lowest BCUT2D eigenvalue weighted by atomic mass is 10.3. The molecule has 2 N–H and O–H groups in total. The van der Waals surface area contributed by atoms with Crippen molar-refractivity contribution in [2.24, 2.45) is 0 Å². The van der Waals surface area contributed by atoms with Crippen molar-refractivity contribution in [1.82, 2.24) is 15.1 Å². The number of hydrogen-bond donors (Lipinski definition) is 2. The summed E-state index contributed by atoms with van der Waals surface area (Å²) in [5, 5.41) is 9.63. The number of anilines is 1. The third-order valence-corrected chi connectivity index (χ3v) is 3.27. The van der Waals surface area contributed by atoms with Crippen molar-refractivity contribution < 1.29 is 13.9 Å². The zero-order valence-electron chi connectivity index (χ0n) is 13.0. The van der Waals surface area contributed by atoms with Crippen LogP contribution in [0.2, 0.25) is 0 Å². The summed E-state index contributed by atoms with van der Waals surface area (Å²) < 4.78 is 12.4. The van der Waals surface area contributed by atoms with E-state index in [2.05, 4.69) is 15.7 Å². The molecular weight excluding hydrogens is 308 g/mol. The van der Waals surface area contributed by atoms with Crippen LogP contribution in [0.4, 0.5) is 10.5 Å². The van der Waals surface area contributed by atoms with Crippen molar-refractivity contribution in [2.75, 3.05) is 11.9 Å². The standard InChI is InChI=1S/C17H18N4O3/c22-17(18-12-14-5-9-23-13-14)20-15-3-1-4-16(11-15)24-10-8-21-7-2-6-19-21/h1-7,9,11,13H,8,10,12H2,(H2,18,20,22). The van der Waals surface area contributed by atoms with Gasteiger partial charge < -0.3 is 19.8 Å². The number of ether oxygens (including phenoxy) is 1. The molecule has 124 valence electrons. The molecular formula is C17H18N4O3. The summed E-state index contributed by atoms with van der Waals surface area (Å²) in [5.74, 6) is 0.690. The first kappa shape index (κ1) is 15.7. The predicted molar refractivity (Wildman–Crippen MR) is 88.7 cm³/mol. The predicted octanol–water partition coefficient (Wildman–Crippen LogP) is 2.88. The number of benzene rings is 1. The van der Waals surface area contributed by atoms with Crippen LogP contribution in [0.5, 0.6) is 5.75 Å². The largest absolute Gasteiger partial charge is 0.492 e. The molecule has 0 unspecified atom stereocenters. The SMILES string of the molecule is O=C(NCc1ccoc1)Nc1cccc(OCCn2cccn2)c1. The molecule has 0 fully saturated rings. The van der Waals surface area contributed by atoms with E-state index in [-0.39, 0.29) is 6.03 Å². The molecule has 3 rings (SSSR count). The maximum Gasteiger partial charge on any atom is 0.319 e. The Kier molecular flexibility index (Phi) is 5.14. The Morgan fingerprint density at radius 3 is 3.04 bits per heavy atom. The van der Waals surface area contributed by atoms with E-state index >= 15 is 0 Å². The van der Waals surface area contributed by atoms with E-state index in [1.165, 1.54) is 0 Å². The third-order valence-electron chi connectivity index (χ3n) is 3.27. The minimum absolute atomic E-state index is 0.287. The van der Waals surface area contributed by atoms with E-state index in [1.54, 1.807) is 41.6 Å². The van der Waals surface area contributed by atoms with Crippen molar-refractivity contribution in [1.29, 1.82) is 0 Å². The van der Waals surface area contributed by atoms with Gasteiger partial charge in [-0.25, -0.2) is 4.79 Å². The lowest BCUT2D eigenvalue weighted by Gasteiger charge is -2.10. The fourth-order valence-electron chi connectivity index (χ4n) is 2.10. The molecule has 0 aliphatic rings. The van der Waals surface area contributed by atoms with E-state index in [0.717, 1.165) is 5.56 Å². The van der Waals surface area contributed by atoms with Crippen LogP contribution in [0.1, 0.15) is 5.56 Å². The summed E-state index contributed by atoms with van der Waals surface area (Å²) >= 11 is 0. The van der Waals surface area contributed by atoms with Crippen molar-refractivity contribution in [3.05, 3.63) is 66.9 Å². The number of hydrogen-bond acceptors (Lipinski definition) is 4. The molecule has 0 saturated carbocycles. The summed E-state index contributed by atoms with van der Waals surface area (Å²) in [6.07, 6.45) is 6.77. The molecule has 2 heterocycles. The van der Waals surface area contributed by atoms with E-state index in [1.807, 2.05) is 24.4 Å². The van der Waals surface area contributed by atoms with Gasteiger partial charge in [-0.2, -0.15) is 5.10 Å². The number of amides is 2. The number of carbonyl (C=O) groups excluding carboxylic acids is 1. The van der Waals surface area contributed by atoms with Gasteiger partial charge in [0, 0.05) is 36.3 Å². The summed E-state index contributed by atoms with van der Waals surface area (Å²) in [6.45, 7) is 1.57. The van der Waals surface area contributed by atoms with Crippen LogP contribution in [0.15, 0.2) is 65.7 Å². The van der Waals surface area contributed by atoms with E-state index < -0.39 is 0 Å². The zero-order valence-corrected chi connectivity index (χ0v) is 13.0. The van der Waals surface area contributed by atoms with E-state index in [9.17, 15) is 4.79 Å². The summed E-state index contributed by atoms with van der Waals surface area (Å²) in [7, 11) is 0. The molecule has 0 saturated heterocycles. The Morgan fingerprint density at radius 1 is 1.29 bits per heavy atom. The highest BCUT2D eigenvalue weighted by molar-refractivity contribution is 5.89. The van der Waals surface area contributed by atoms with Crippen LogP contribution in [-0.2, 0) is 13.1 Å². The van der Waals surface area contributed by atoms with Gasteiger partial charge in [-0.05, 0) is 24.3 Å². The second-order valence-corrected chi connectivity index (χ2v) is 5.08. The number of nitrogens with zero attached hydrogens (tertiary/aromatic N) is 2. The second-order valence-electron chi connectivity index (χ2n) is 5.08. The van der Waals surface area contributed by atoms with Crippen LogP contribution in [0.25, 0.3) is 0 Å². The maximum atomic E-state index is 11.9. The Hall–Kier alpha value is -3.22. The normalized spacial score (nSPS) is 10.3. The minimum atomic E-state index is -0.287. The molecule has 7 heteroatoms. The summed E-state index contributed by atoms with van der Waals surface area (Å²) in [4.78, 5) is 11.9. The average molecular weight is 326 g/mol. The number of rotatable bonds is 7. The lowest BCUT2D eigenvalue weighted by molar-refractivity contribution is 0.251. The molecule has 7 nitrogen and oxygen atoms in total. The highest BCUT2D eigenvalue weighted by Crippen LogP contribution is 2.17. The van der Waals surface area contributed by atoms with Crippen LogP contribution in [-0.4, -0.2) is 22.4 Å². The van der Waals surface area contributed by atoms with Crippen LogP contribution in [0, 0.1) is 0 Å². The number of carbonyl (C=O) groups is 1. The second kappa shape index (κ2) is 7.87.